The molecule has 31 heavy (non-hydrogen) atoms. The molecule has 0 saturated heterocycles. The van der Waals surface area contributed by atoms with E-state index in [9.17, 15) is 9.59 Å². The number of rotatable bonds is 13. The van der Waals surface area contributed by atoms with Crippen LogP contribution >= 0.6 is 11.6 Å². The van der Waals surface area contributed by atoms with Crippen molar-refractivity contribution in [1.29, 1.82) is 0 Å². The van der Waals surface area contributed by atoms with Crippen LogP contribution in [-0.4, -0.2) is 48.6 Å². The van der Waals surface area contributed by atoms with Crippen LogP contribution in [0.15, 0.2) is 48.5 Å². The van der Waals surface area contributed by atoms with Crippen LogP contribution in [0.4, 0.5) is 0 Å². The topological polar surface area (TPSA) is 78.9 Å². The van der Waals surface area contributed by atoms with Gasteiger partial charge in [-0.2, -0.15) is 0 Å². The van der Waals surface area contributed by atoms with E-state index < -0.39 is 5.97 Å². The van der Waals surface area contributed by atoms with E-state index in [0.29, 0.717) is 31.0 Å². The average Bonchev–Trinajstić information content (AvgIpc) is 2.75. The third kappa shape index (κ3) is 8.99. The highest BCUT2D eigenvalue weighted by atomic mass is 35.5. The lowest BCUT2D eigenvalue weighted by molar-refractivity contribution is -0.137. The second-order valence-corrected chi connectivity index (χ2v) is 7.93. The van der Waals surface area contributed by atoms with E-state index in [1.807, 2.05) is 48.5 Å². The third-order valence-corrected chi connectivity index (χ3v) is 5.46. The number of carbonyl (C=O) groups is 2. The van der Waals surface area contributed by atoms with E-state index in [0.717, 1.165) is 29.8 Å². The monoisotopic (exact) mass is 446 g/mol. The molecule has 6 nitrogen and oxygen atoms in total. The summed E-state index contributed by atoms with van der Waals surface area (Å²) in [4.78, 5) is 25.4. The molecule has 168 valence electrons. The number of carboxylic acids is 1. The number of benzene rings is 2. The van der Waals surface area contributed by atoms with Gasteiger partial charge in [-0.3, -0.25) is 14.5 Å². The molecule has 0 saturated carbocycles. The maximum atomic E-state index is 12.2. The van der Waals surface area contributed by atoms with Crippen LogP contribution < -0.4 is 10.1 Å². The summed E-state index contributed by atoms with van der Waals surface area (Å²) in [5.41, 5.74) is 2.06. The number of aliphatic carboxylic acids is 1. The Hall–Kier alpha value is -2.57. The highest BCUT2D eigenvalue weighted by Crippen LogP contribution is 2.22. The first-order chi connectivity index (χ1) is 14.9. The highest BCUT2D eigenvalue weighted by Gasteiger charge is 2.16. The van der Waals surface area contributed by atoms with Gasteiger partial charge in [-0.15, -0.1) is 0 Å². The molecule has 0 radical (unpaired) electrons. The fourth-order valence-corrected chi connectivity index (χ4v) is 3.51. The van der Waals surface area contributed by atoms with Crippen LogP contribution in [0.5, 0.6) is 5.75 Å². The molecule has 2 aromatic rings. The highest BCUT2D eigenvalue weighted by molar-refractivity contribution is 6.30. The lowest BCUT2D eigenvalue weighted by Crippen LogP contribution is -2.33. The standard InChI is InChI=1S/C24H31ClN2O4/c1-18(20-8-10-21(25)11-9-20)27(15-3-5-24(29)30)16-4-14-26-23(28)17-19-6-12-22(31-2)13-7-19/h6-13,18H,3-5,14-17H2,1-2H3,(H,26,28)(H,29,30). The zero-order valence-electron chi connectivity index (χ0n) is 18.1. The van der Waals surface area contributed by atoms with Crippen LogP contribution in [0.3, 0.4) is 0 Å². The van der Waals surface area contributed by atoms with Crippen LogP contribution in [0.1, 0.15) is 43.4 Å². The number of halogens is 1. The van der Waals surface area contributed by atoms with E-state index in [1.165, 1.54) is 0 Å². The number of amides is 1. The molecule has 2 aromatic carbocycles. The number of ether oxygens (including phenoxy) is 1. The SMILES string of the molecule is COc1ccc(CC(=O)NCCCN(CCCC(=O)O)C(C)c2ccc(Cl)cc2)cc1. The van der Waals surface area contributed by atoms with Crippen molar-refractivity contribution in [2.24, 2.45) is 0 Å². The van der Waals surface area contributed by atoms with Crippen LogP contribution in [0.25, 0.3) is 0 Å². The summed E-state index contributed by atoms with van der Waals surface area (Å²) in [5, 5.41) is 12.6. The molecule has 7 heteroatoms. The molecule has 2 N–H and O–H groups in total. The summed E-state index contributed by atoms with van der Waals surface area (Å²) in [6, 6.07) is 15.3. The van der Waals surface area contributed by atoms with Crippen molar-refractivity contribution in [2.45, 2.75) is 38.6 Å². The Kier molecular flexibility index (Phi) is 10.3. The van der Waals surface area contributed by atoms with Gasteiger partial charge in [-0.25, -0.2) is 0 Å². The smallest absolute Gasteiger partial charge is 0.303 e. The van der Waals surface area contributed by atoms with Crippen molar-refractivity contribution in [3.05, 3.63) is 64.7 Å². The number of carboxylic acid groups (broad SMARTS) is 1. The van der Waals surface area contributed by atoms with Crippen LogP contribution in [0, 0.1) is 0 Å². The van der Waals surface area contributed by atoms with Gasteiger partial charge in [-0.1, -0.05) is 35.9 Å². The largest absolute Gasteiger partial charge is 0.497 e. The summed E-state index contributed by atoms with van der Waals surface area (Å²) in [5.74, 6) is -0.0415. The predicted molar refractivity (Wildman–Crippen MR) is 123 cm³/mol. The molecule has 1 atom stereocenters. The first kappa shape index (κ1) is 24.7. The Morgan fingerprint density at radius 1 is 1.06 bits per heavy atom. The molecular formula is C24H31ClN2O4. The van der Waals surface area contributed by atoms with Crippen molar-refractivity contribution in [1.82, 2.24) is 10.2 Å². The molecule has 0 aliphatic heterocycles. The fourth-order valence-electron chi connectivity index (χ4n) is 3.39. The second kappa shape index (κ2) is 13.0. The molecule has 0 fully saturated rings. The molecule has 0 aliphatic rings. The summed E-state index contributed by atoms with van der Waals surface area (Å²) < 4.78 is 5.13. The van der Waals surface area contributed by atoms with Crippen molar-refractivity contribution in [3.8, 4) is 5.75 Å². The van der Waals surface area contributed by atoms with Gasteiger partial charge in [0.1, 0.15) is 5.75 Å². The minimum absolute atomic E-state index is 0.0201. The Labute approximate surface area is 189 Å². The van der Waals surface area contributed by atoms with Gasteiger partial charge in [0, 0.05) is 30.6 Å². The Morgan fingerprint density at radius 2 is 1.71 bits per heavy atom. The van der Waals surface area contributed by atoms with Crippen LogP contribution in [-0.2, 0) is 16.0 Å². The van der Waals surface area contributed by atoms with E-state index in [1.54, 1.807) is 7.11 Å². The molecule has 0 aliphatic carbocycles. The lowest BCUT2D eigenvalue weighted by Gasteiger charge is -2.29. The van der Waals surface area contributed by atoms with E-state index in [-0.39, 0.29) is 18.4 Å². The number of hydrogen-bond acceptors (Lipinski definition) is 4. The van der Waals surface area contributed by atoms with Crippen molar-refractivity contribution in [3.63, 3.8) is 0 Å². The normalized spacial score (nSPS) is 11.9. The van der Waals surface area contributed by atoms with E-state index >= 15 is 0 Å². The maximum absolute atomic E-state index is 12.2. The van der Waals surface area contributed by atoms with Gasteiger partial charge in [0.2, 0.25) is 5.91 Å². The molecule has 0 spiro atoms. The summed E-state index contributed by atoms with van der Waals surface area (Å²) in [7, 11) is 1.61. The van der Waals surface area contributed by atoms with Gasteiger partial charge in [0.05, 0.1) is 13.5 Å². The summed E-state index contributed by atoms with van der Waals surface area (Å²) in [6.07, 6.45) is 1.83. The quantitative estimate of drug-likeness (QED) is 0.448. The summed E-state index contributed by atoms with van der Waals surface area (Å²) >= 11 is 5.99. The minimum Gasteiger partial charge on any atom is -0.497 e. The van der Waals surface area contributed by atoms with Gasteiger partial charge < -0.3 is 15.2 Å². The number of carbonyl (C=O) groups excluding carboxylic acids is 1. The Bertz CT molecular complexity index is 824. The molecule has 0 bridgehead atoms. The lowest BCUT2D eigenvalue weighted by atomic mass is 10.1. The molecule has 1 amide bonds. The third-order valence-electron chi connectivity index (χ3n) is 5.20. The molecular weight excluding hydrogens is 416 g/mol. The summed E-state index contributed by atoms with van der Waals surface area (Å²) in [6.45, 7) is 4.10. The minimum atomic E-state index is -0.787. The predicted octanol–water partition coefficient (Wildman–Crippen LogP) is 4.33. The van der Waals surface area contributed by atoms with Gasteiger partial charge >= 0.3 is 5.97 Å². The number of hydrogen-bond donors (Lipinski definition) is 2. The molecule has 0 heterocycles. The first-order valence-corrected chi connectivity index (χ1v) is 10.9. The van der Waals surface area contributed by atoms with Gasteiger partial charge in [0.25, 0.3) is 0 Å². The molecule has 1 unspecified atom stereocenters. The molecule has 2 rings (SSSR count). The van der Waals surface area contributed by atoms with Crippen molar-refractivity contribution >= 4 is 23.5 Å². The van der Waals surface area contributed by atoms with Crippen molar-refractivity contribution in [2.75, 3.05) is 26.7 Å². The van der Waals surface area contributed by atoms with Gasteiger partial charge in [0.15, 0.2) is 0 Å². The number of nitrogens with one attached hydrogen (secondary N) is 1. The second-order valence-electron chi connectivity index (χ2n) is 7.49. The van der Waals surface area contributed by atoms with Gasteiger partial charge in [-0.05, 0) is 61.7 Å². The zero-order chi connectivity index (χ0) is 22.6. The van der Waals surface area contributed by atoms with Crippen LogP contribution in [0.2, 0.25) is 5.02 Å². The van der Waals surface area contributed by atoms with Crippen molar-refractivity contribution < 1.29 is 19.4 Å². The first-order valence-electron chi connectivity index (χ1n) is 10.5. The average molecular weight is 447 g/mol. The van der Waals surface area contributed by atoms with E-state index in [4.69, 9.17) is 21.4 Å². The maximum Gasteiger partial charge on any atom is 0.303 e. The Balaban J connectivity index is 1.83. The fraction of sp³-hybridized carbons (Fsp3) is 0.417. The Morgan fingerprint density at radius 3 is 2.32 bits per heavy atom. The number of methoxy groups -OCH3 is 1. The molecule has 0 aromatic heterocycles. The van der Waals surface area contributed by atoms with E-state index in [2.05, 4.69) is 17.1 Å². The number of nitrogens with zero attached hydrogens (tertiary/aromatic N) is 1. The zero-order valence-corrected chi connectivity index (χ0v) is 18.9.